The summed E-state index contributed by atoms with van der Waals surface area (Å²) in [5.74, 6) is -4.50. The smallest absolute Gasteiger partial charge is 0.323 e. The fraction of sp³-hybridized carbons (Fsp3) is 0.250. The Labute approximate surface area is 127 Å². The molecule has 0 aliphatic heterocycles. The minimum Gasteiger partial charge on any atom is -0.481 e. The van der Waals surface area contributed by atoms with Crippen LogP contribution in [0.15, 0.2) is 22.7 Å². The van der Waals surface area contributed by atoms with Gasteiger partial charge in [0, 0.05) is 4.47 Å². The molecule has 0 saturated heterocycles. The number of carboxylic acids is 2. The lowest BCUT2D eigenvalue weighted by Crippen LogP contribution is -2.41. The Morgan fingerprint density at radius 3 is 2.24 bits per heavy atom. The molecule has 0 radical (unpaired) electrons. The quantitative estimate of drug-likeness (QED) is 0.747. The highest BCUT2D eigenvalue weighted by atomic mass is 79.9. The first-order valence-electron chi connectivity index (χ1n) is 5.59. The number of benzene rings is 1. The molecule has 0 spiro atoms. The van der Waals surface area contributed by atoms with Gasteiger partial charge in [0.1, 0.15) is 13.1 Å². The van der Waals surface area contributed by atoms with Gasteiger partial charge in [-0.25, -0.2) is 4.39 Å². The third-order valence-corrected chi connectivity index (χ3v) is 2.74. The molecule has 0 aliphatic carbocycles. The molecule has 21 heavy (non-hydrogen) atoms. The van der Waals surface area contributed by atoms with Gasteiger partial charge in [0.2, 0.25) is 0 Å². The predicted octanol–water partition coefficient (Wildman–Crippen LogP) is 0.965. The van der Waals surface area contributed by atoms with Gasteiger partial charge in [-0.3, -0.25) is 14.4 Å². The molecule has 0 heterocycles. The number of hydrogen-bond acceptors (Lipinski definition) is 4. The zero-order valence-electron chi connectivity index (χ0n) is 10.6. The second-order valence-electron chi connectivity index (χ2n) is 3.90. The van der Waals surface area contributed by atoms with Crippen LogP contribution in [0.3, 0.4) is 0 Å². The van der Waals surface area contributed by atoms with E-state index in [1.54, 1.807) is 0 Å². The van der Waals surface area contributed by atoms with Gasteiger partial charge in [0.15, 0.2) is 18.2 Å². The third kappa shape index (κ3) is 5.78. The Hall–Kier alpha value is -2.16. The standard InChI is InChI=1S/C12H11BrFNO6/c13-7-1-2-9(8(14)3-7)21-6-10(16)15(4-11(17)18)5-12(19)20/h1-3H,4-6H2,(H,17,18)(H,19,20). The van der Waals surface area contributed by atoms with Crippen molar-refractivity contribution < 1.29 is 33.7 Å². The third-order valence-electron chi connectivity index (χ3n) is 2.25. The van der Waals surface area contributed by atoms with Gasteiger partial charge in [-0.1, -0.05) is 15.9 Å². The molecule has 9 heteroatoms. The zero-order valence-corrected chi connectivity index (χ0v) is 12.2. The SMILES string of the molecule is O=C(O)CN(CC(=O)O)C(=O)COc1ccc(Br)cc1F. The maximum atomic E-state index is 13.5. The van der Waals surface area contributed by atoms with Crippen molar-refractivity contribution in [3.63, 3.8) is 0 Å². The van der Waals surface area contributed by atoms with Crippen molar-refractivity contribution in [2.24, 2.45) is 0 Å². The summed E-state index contributed by atoms with van der Waals surface area (Å²) in [6.07, 6.45) is 0. The lowest BCUT2D eigenvalue weighted by atomic mass is 10.3. The molecule has 0 fully saturated rings. The van der Waals surface area contributed by atoms with Gasteiger partial charge in [-0.05, 0) is 18.2 Å². The topological polar surface area (TPSA) is 104 Å². The molecule has 1 aromatic carbocycles. The number of carbonyl (C=O) groups is 3. The van der Waals surface area contributed by atoms with Crippen LogP contribution in [-0.2, 0) is 14.4 Å². The van der Waals surface area contributed by atoms with Crippen LogP contribution in [0, 0.1) is 5.82 Å². The molecule has 1 aromatic rings. The van der Waals surface area contributed by atoms with E-state index >= 15 is 0 Å². The Bertz CT molecular complexity index is 549. The maximum Gasteiger partial charge on any atom is 0.323 e. The molecule has 0 bridgehead atoms. The minimum absolute atomic E-state index is 0.197. The summed E-state index contributed by atoms with van der Waals surface area (Å²) in [7, 11) is 0. The summed E-state index contributed by atoms with van der Waals surface area (Å²) in [6.45, 7) is -2.23. The Balaban J connectivity index is 2.68. The molecule has 114 valence electrons. The van der Waals surface area contributed by atoms with Gasteiger partial charge in [0.25, 0.3) is 5.91 Å². The molecule has 1 rings (SSSR count). The Morgan fingerprint density at radius 2 is 1.76 bits per heavy atom. The summed E-state index contributed by atoms with van der Waals surface area (Å²) >= 11 is 3.05. The van der Waals surface area contributed by atoms with Crippen LogP contribution in [-0.4, -0.2) is 52.7 Å². The highest BCUT2D eigenvalue weighted by molar-refractivity contribution is 9.10. The van der Waals surface area contributed by atoms with Crippen molar-refractivity contribution in [2.75, 3.05) is 19.7 Å². The van der Waals surface area contributed by atoms with Crippen molar-refractivity contribution >= 4 is 33.8 Å². The summed E-state index contributed by atoms with van der Waals surface area (Å²) < 4.78 is 18.9. The summed E-state index contributed by atoms with van der Waals surface area (Å²) in [4.78, 5) is 33.4. The fourth-order valence-electron chi connectivity index (χ4n) is 1.38. The van der Waals surface area contributed by atoms with E-state index in [4.69, 9.17) is 14.9 Å². The van der Waals surface area contributed by atoms with Crippen molar-refractivity contribution in [3.05, 3.63) is 28.5 Å². The van der Waals surface area contributed by atoms with Crippen LogP contribution in [0.1, 0.15) is 0 Å². The molecule has 0 aliphatic rings. The summed E-state index contributed by atoms with van der Waals surface area (Å²) in [5, 5.41) is 17.2. The largest absolute Gasteiger partial charge is 0.481 e. The van der Waals surface area contributed by atoms with Crippen molar-refractivity contribution in [1.29, 1.82) is 0 Å². The first-order valence-corrected chi connectivity index (χ1v) is 6.38. The van der Waals surface area contributed by atoms with E-state index in [9.17, 15) is 18.8 Å². The van der Waals surface area contributed by atoms with Crippen LogP contribution in [0.25, 0.3) is 0 Å². The van der Waals surface area contributed by atoms with E-state index in [-0.39, 0.29) is 5.75 Å². The monoisotopic (exact) mass is 363 g/mol. The number of carboxylic acid groups (broad SMARTS) is 2. The fourth-order valence-corrected chi connectivity index (χ4v) is 1.71. The minimum atomic E-state index is -1.36. The first-order chi connectivity index (χ1) is 9.79. The molecule has 1 amide bonds. The van der Waals surface area contributed by atoms with Crippen LogP contribution in [0.2, 0.25) is 0 Å². The van der Waals surface area contributed by atoms with Gasteiger partial charge >= 0.3 is 11.9 Å². The molecular weight excluding hydrogens is 353 g/mol. The molecule has 2 N–H and O–H groups in total. The van der Waals surface area contributed by atoms with Gasteiger partial charge < -0.3 is 19.8 Å². The maximum absolute atomic E-state index is 13.5. The highest BCUT2D eigenvalue weighted by Gasteiger charge is 2.20. The lowest BCUT2D eigenvalue weighted by molar-refractivity contribution is -0.150. The van der Waals surface area contributed by atoms with Crippen LogP contribution < -0.4 is 4.74 Å². The van der Waals surface area contributed by atoms with Crippen LogP contribution >= 0.6 is 15.9 Å². The van der Waals surface area contributed by atoms with E-state index in [0.29, 0.717) is 9.37 Å². The van der Waals surface area contributed by atoms with Gasteiger partial charge in [0.05, 0.1) is 0 Å². The van der Waals surface area contributed by atoms with Crippen molar-refractivity contribution in [2.45, 2.75) is 0 Å². The Kier molecular flexibility index (Phi) is 6.10. The van der Waals surface area contributed by atoms with E-state index < -0.39 is 43.4 Å². The number of ether oxygens (including phenoxy) is 1. The first kappa shape index (κ1) is 16.9. The molecule has 0 aromatic heterocycles. The second kappa shape index (κ2) is 7.58. The molecule has 7 nitrogen and oxygen atoms in total. The van der Waals surface area contributed by atoms with Crippen molar-refractivity contribution in [1.82, 2.24) is 4.90 Å². The van der Waals surface area contributed by atoms with E-state index in [2.05, 4.69) is 15.9 Å². The second-order valence-corrected chi connectivity index (χ2v) is 4.82. The van der Waals surface area contributed by atoms with E-state index in [1.165, 1.54) is 12.1 Å². The van der Waals surface area contributed by atoms with Gasteiger partial charge in [-0.15, -0.1) is 0 Å². The average molecular weight is 364 g/mol. The summed E-state index contributed by atoms with van der Waals surface area (Å²) in [5.41, 5.74) is 0. The molecule has 0 unspecified atom stereocenters. The van der Waals surface area contributed by atoms with Gasteiger partial charge in [-0.2, -0.15) is 0 Å². The van der Waals surface area contributed by atoms with E-state index in [1.807, 2.05) is 0 Å². The molecule has 0 atom stereocenters. The summed E-state index contributed by atoms with van der Waals surface area (Å²) in [6, 6.07) is 3.91. The van der Waals surface area contributed by atoms with E-state index in [0.717, 1.165) is 6.07 Å². The number of halogens is 2. The van der Waals surface area contributed by atoms with Crippen LogP contribution in [0.5, 0.6) is 5.75 Å². The zero-order chi connectivity index (χ0) is 16.0. The lowest BCUT2D eigenvalue weighted by Gasteiger charge is -2.18. The number of aliphatic carboxylic acids is 2. The Morgan fingerprint density at radius 1 is 1.19 bits per heavy atom. The average Bonchev–Trinajstić information content (AvgIpc) is 2.35. The molecule has 0 saturated carbocycles. The number of hydrogen-bond donors (Lipinski definition) is 2. The highest BCUT2D eigenvalue weighted by Crippen LogP contribution is 2.21. The normalized spacial score (nSPS) is 10.0. The number of rotatable bonds is 7. The van der Waals surface area contributed by atoms with Crippen LogP contribution in [0.4, 0.5) is 4.39 Å². The number of carbonyl (C=O) groups excluding carboxylic acids is 1. The predicted molar refractivity (Wildman–Crippen MR) is 71.4 cm³/mol. The number of amides is 1. The number of nitrogens with zero attached hydrogens (tertiary/aromatic N) is 1. The van der Waals surface area contributed by atoms with Crippen molar-refractivity contribution in [3.8, 4) is 5.75 Å². The molecular formula is C12H11BrFNO6.